The van der Waals surface area contributed by atoms with Crippen LogP contribution in [0.15, 0.2) is 5.11 Å². The van der Waals surface area contributed by atoms with Crippen molar-refractivity contribution in [3.05, 3.63) is 5.21 Å². The molecule has 0 N–H and O–H groups in total. The molecule has 0 saturated carbocycles. The maximum Gasteiger partial charge on any atom is 0.267 e. The summed E-state index contributed by atoms with van der Waals surface area (Å²) in [7, 11) is 0. The predicted octanol–water partition coefficient (Wildman–Crippen LogP) is 2.90. The number of hydrogen-bond donors (Lipinski definition) is 0. The fourth-order valence-corrected chi connectivity index (χ4v) is 0.441. The van der Waals surface area contributed by atoms with Gasteiger partial charge in [0.15, 0.2) is 5.00 Å². The van der Waals surface area contributed by atoms with Crippen molar-refractivity contribution in [2.75, 3.05) is 0 Å². The van der Waals surface area contributed by atoms with Gasteiger partial charge in [-0.25, -0.2) is 0 Å². The van der Waals surface area contributed by atoms with Crippen LogP contribution in [0.2, 0.25) is 0 Å². The molecule has 0 heterocycles. The number of alkyl halides is 2. The monoisotopic (exact) mass is 198 g/mol. The summed E-state index contributed by atoms with van der Waals surface area (Å²) in [5, 5.41) is 14.6. The molecule has 0 rings (SSSR count). The Labute approximate surface area is 76.6 Å². The van der Waals surface area contributed by atoms with Gasteiger partial charge in [0.1, 0.15) is 0 Å². The molecule has 0 aromatic heterocycles. The lowest BCUT2D eigenvalue weighted by Gasteiger charge is -2.15. The van der Waals surface area contributed by atoms with Crippen LogP contribution in [0, 0.1) is 5.21 Å². The van der Waals surface area contributed by atoms with Crippen LogP contribution in [0.25, 0.3) is 0 Å². The van der Waals surface area contributed by atoms with Crippen molar-refractivity contribution < 1.29 is 4.86 Å². The van der Waals surface area contributed by atoms with Crippen molar-refractivity contribution in [3.8, 4) is 0 Å². The van der Waals surface area contributed by atoms with Gasteiger partial charge in [0.2, 0.25) is 0 Å². The van der Waals surface area contributed by atoms with Crippen LogP contribution in [0.1, 0.15) is 27.7 Å². The number of nitrogens with zero attached hydrogens (tertiary/aromatic N) is 2. The number of halogens is 2. The lowest BCUT2D eigenvalue weighted by atomic mass is 10.4. The largest absolute Gasteiger partial charge is 0.598 e. The van der Waals surface area contributed by atoms with Crippen molar-refractivity contribution in [3.63, 3.8) is 0 Å². The molecule has 0 saturated heterocycles. The summed E-state index contributed by atoms with van der Waals surface area (Å²) in [5.74, 6) is 0. The zero-order chi connectivity index (χ0) is 9.28. The molecule has 0 atom stereocenters. The van der Waals surface area contributed by atoms with E-state index in [1.165, 1.54) is 0 Å². The minimum atomic E-state index is -1.04. The lowest BCUT2D eigenvalue weighted by Crippen LogP contribution is -2.27. The van der Waals surface area contributed by atoms with Gasteiger partial charge in [-0.1, -0.05) is 16.5 Å². The first-order valence-electron chi connectivity index (χ1n) is 3.21. The highest BCUT2D eigenvalue weighted by Crippen LogP contribution is 2.20. The molecule has 0 spiro atoms. The molecule has 0 unspecified atom stereocenters. The van der Waals surface area contributed by atoms with Gasteiger partial charge in [-0.3, -0.25) is 0 Å². The van der Waals surface area contributed by atoms with Crippen molar-refractivity contribution in [1.82, 2.24) is 0 Å². The van der Waals surface area contributed by atoms with Gasteiger partial charge < -0.3 is 5.21 Å². The molecule has 0 aliphatic heterocycles. The molecule has 5 heteroatoms. The van der Waals surface area contributed by atoms with E-state index in [1.54, 1.807) is 27.7 Å². The molecule has 66 valence electrons. The van der Waals surface area contributed by atoms with Gasteiger partial charge in [0.25, 0.3) is 5.00 Å². The highest BCUT2D eigenvalue weighted by Gasteiger charge is 2.27. The molecule has 0 aromatic carbocycles. The summed E-state index contributed by atoms with van der Waals surface area (Å²) in [4.78, 5) is -1.53. The Morgan fingerprint density at radius 3 is 1.64 bits per heavy atom. The van der Waals surface area contributed by atoms with Crippen LogP contribution in [0.5, 0.6) is 0 Å². The van der Waals surface area contributed by atoms with E-state index in [9.17, 15) is 5.21 Å². The van der Waals surface area contributed by atoms with Crippen molar-refractivity contribution >= 4 is 23.2 Å². The number of azo groups is 1. The average molecular weight is 199 g/mol. The Morgan fingerprint density at radius 2 is 1.55 bits per heavy atom. The van der Waals surface area contributed by atoms with Gasteiger partial charge in [-0.05, 0) is 30.6 Å². The third-order valence-electron chi connectivity index (χ3n) is 0.783. The Balaban J connectivity index is 4.49. The van der Waals surface area contributed by atoms with Crippen LogP contribution in [-0.2, 0) is 0 Å². The summed E-state index contributed by atoms with van der Waals surface area (Å²) in [6.07, 6.45) is 0. The Morgan fingerprint density at radius 1 is 1.18 bits per heavy atom. The first kappa shape index (κ1) is 11.0. The molecule has 3 nitrogen and oxygen atoms in total. The summed E-state index contributed by atoms with van der Waals surface area (Å²) in [5.41, 5.74) is 0. The second-order valence-electron chi connectivity index (χ2n) is 3.19. The standard InChI is InChI=1S/C6H12Cl2N2O/c1-5(2,7)9-10(11)6(3,4)8/h1-4H3/b10-9+. The average Bonchev–Trinajstić information content (AvgIpc) is 1.56. The van der Waals surface area contributed by atoms with E-state index in [0.29, 0.717) is 4.86 Å². The first-order chi connectivity index (χ1) is 4.63. The van der Waals surface area contributed by atoms with Crippen LogP contribution in [0.4, 0.5) is 0 Å². The maximum absolute atomic E-state index is 11.0. The van der Waals surface area contributed by atoms with Crippen LogP contribution in [0.3, 0.4) is 0 Å². The predicted molar refractivity (Wildman–Crippen MR) is 45.9 cm³/mol. The van der Waals surface area contributed by atoms with Crippen LogP contribution in [-0.4, -0.2) is 14.9 Å². The van der Waals surface area contributed by atoms with E-state index in [4.69, 9.17) is 23.2 Å². The molecule has 0 aromatic rings. The summed E-state index contributed by atoms with van der Waals surface area (Å²) in [6, 6.07) is 0. The van der Waals surface area contributed by atoms with Gasteiger partial charge in [-0.2, -0.15) is 0 Å². The van der Waals surface area contributed by atoms with E-state index in [1.807, 2.05) is 0 Å². The zero-order valence-corrected chi connectivity index (χ0v) is 8.57. The van der Waals surface area contributed by atoms with Crippen molar-refractivity contribution in [1.29, 1.82) is 0 Å². The van der Waals surface area contributed by atoms with E-state index < -0.39 is 10.00 Å². The van der Waals surface area contributed by atoms with Gasteiger partial charge in [0, 0.05) is 13.8 Å². The summed E-state index contributed by atoms with van der Waals surface area (Å²) >= 11 is 11.3. The first-order valence-corrected chi connectivity index (χ1v) is 3.96. The van der Waals surface area contributed by atoms with Crippen LogP contribution >= 0.6 is 23.2 Å². The fraction of sp³-hybridized carbons (Fsp3) is 1.00. The molecule has 0 amide bonds. The molecule has 0 aliphatic rings. The zero-order valence-electron chi connectivity index (χ0n) is 7.06. The second-order valence-corrected chi connectivity index (χ2v) is 5.04. The summed E-state index contributed by atoms with van der Waals surface area (Å²) < 4.78 is 0. The highest BCUT2D eigenvalue weighted by molar-refractivity contribution is 6.23. The number of hydrogen-bond acceptors (Lipinski definition) is 2. The summed E-state index contributed by atoms with van der Waals surface area (Å²) in [6.45, 7) is 6.32. The molecule has 11 heavy (non-hydrogen) atoms. The topological polar surface area (TPSA) is 38.4 Å². The molecular formula is C6H12Cl2N2O. The fourth-order valence-electron chi connectivity index (χ4n) is 0.335. The molecule has 0 bridgehead atoms. The number of hydroxylamine groups is 1. The Hall–Kier alpha value is -0.0200. The highest BCUT2D eigenvalue weighted by atomic mass is 35.5. The van der Waals surface area contributed by atoms with Crippen molar-refractivity contribution in [2.45, 2.75) is 37.7 Å². The van der Waals surface area contributed by atoms with Gasteiger partial charge in [0.05, 0.1) is 0 Å². The van der Waals surface area contributed by atoms with Crippen molar-refractivity contribution in [2.24, 2.45) is 5.11 Å². The lowest BCUT2D eigenvalue weighted by molar-refractivity contribution is -0.582. The Kier molecular flexibility index (Phi) is 3.15. The minimum absolute atomic E-state index is 0.404. The van der Waals surface area contributed by atoms with Crippen LogP contribution < -0.4 is 0 Å². The minimum Gasteiger partial charge on any atom is -0.598 e. The SMILES string of the molecule is CC(C)(Cl)/N=[N+](/[O-])C(C)(C)Cl. The maximum atomic E-state index is 11.0. The molecule has 0 fully saturated rings. The second kappa shape index (κ2) is 3.15. The Bertz CT molecular complexity index is 166. The van der Waals surface area contributed by atoms with E-state index in [-0.39, 0.29) is 0 Å². The van der Waals surface area contributed by atoms with Gasteiger partial charge in [-0.15, -0.1) is 0 Å². The van der Waals surface area contributed by atoms with E-state index in [0.717, 1.165) is 0 Å². The molecular weight excluding hydrogens is 187 g/mol. The third-order valence-corrected chi connectivity index (χ3v) is 1.00. The van der Waals surface area contributed by atoms with E-state index in [2.05, 4.69) is 5.11 Å². The van der Waals surface area contributed by atoms with E-state index >= 15 is 0 Å². The molecule has 0 radical (unpaired) electrons. The van der Waals surface area contributed by atoms with Gasteiger partial charge >= 0.3 is 0 Å². The molecule has 0 aliphatic carbocycles. The quantitative estimate of drug-likeness (QED) is 0.221. The normalized spacial score (nSPS) is 15.3. The third kappa shape index (κ3) is 5.27. The smallest absolute Gasteiger partial charge is 0.267 e. The number of rotatable bonds is 2.